The van der Waals surface area contributed by atoms with Gasteiger partial charge in [0.1, 0.15) is 0 Å². The standard InChI is InChI=1S/C15H20N2OS/c1-11-5-4-7-13-14(11)17-15(19-13)16-9-8-12-6-2-3-10-18-12/h4-5,7,12H,2-3,6,8-10H2,1H3,(H,16,17). The van der Waals surface area contributed by atoms with E-state index < -0.39 is 0 Å². The van der Waals surface area contributed by atoms with E-state index in [1.54, 1.807) is 11.3 Å². The van der Waals surface area contributed by atoms with Crippen LogP contribution in [0.4, 0.5) is 5.13 Å². The van der Waals surface area contributed by atoms with E-state index in [1.165, 1.54) is 29.5 Å². The van der Waals surface area contributed by atoms with Gasteiger partial charge in [-0.1, -0.05) is 23.5 Å². The molecule has 1 fully saturated rings. The van der Waals surface area contributed by atoms with Gasteiger partial charge in [-0.2, -0.15) is 0 Å². The van der Waals surface area contributed by atoms with Crippen molar-refractivity contribution in [3.63, 3.8) is 0 Å². The molecule has 0 aliphatic carbocycles. The zero-order valence-corrected chi connectivity index (χ0v) is 12.1. The van der Waals surface area contributed by atoms with Gasteiger partial charge in [0.05, 0.1) is 16.3 Å². The van der Waals surface area contributed by atoms with Gasteiger partial charge in [-0.05, 0) is 44.2 Å². The Morgan fingerprint density at radius 1 is 1.42 bits per heavy atom. The molecule has 1 aliphatic rings. The van der Waals surface area contributed by atoms with Crippen LogP contribution < -0.4 is 5.32 Å². The number of nitrogens with one attached hydrogen (secondary N) is 1. The van der Waals surface area contributed by atoms with E-state index in [2.05, 4.69) is 35.4 Å². The maximum absolute atomic E-state index is 5.74. The average molecular weight is 276 g/mol. The van der Waals surface area contributed by atoms with Crippen LogP contribution in [0, 0.1) is 6.92 Å². The fourth-order valence-electron chi connectivity index (χ4n) is 2.54. The van der Waals surface area contributed by atoms with Crippen LogP contribution in [0.2, 0.25) is 0 Å². The Hall–Kier alpha value is -1.13. The fraction of sp³-hybridized carbons (Fsp3) is 0.533. The minimum absolute atomic E-state index is 0.442. The lowest BCUT2D eigenvalue weighted by atomic mass is 10.1. The van der Waals surface area contributed by atoms with E-state index in [4.69, 9.17) is 4.74 Å². The third-order valence-electron chi connectivity index (χ3n) is 3.64. The van der Waals surface area contributed by atoms with Gasteiger partial charge in [0.2, 0.25) is 0 Å². The van der Waals surface area contributed by atoms with E-state index in [1.807, 2.05) is 0 Å². The highest BCUT2D eigenvalue weighted by atomic mass is 32.1. The normalized spacial score (nSPS) is 19.7. The predicted octanol–water partition coefficient (Wildman–Crippen LogP) is 3.98. The molecule has 1 unspecified atom stereocenters. The molecule has 4 heteroatoms. The number of rotatable bonds is 4. The average Bonchev–Trinajstić information content (AvgIpc) is 2.84. The summed E-state index contributed by atoms with van der Waals surface area (Å²) < 4.78 is 7.00. The van der Waals surface area contributed by atoms with Gasteiger partial charge in [-0.25, -0.2) is 4.98 Å². The summed E-state index contributed by atoms with van der Waals surface area (Å²) in [5.74, 6) is 0. The van der Waals surface area contributed by atoms with Crippen LogP contribution in [0.25, 0.3) is 10.2 Å². The first-order valence-corrected chi connectivity index (χ1v) is 7.86. The monoisotopic (exact) mass is 276 g/mol. The number of aryl methyl sites for hydroxylation is 1. The van der Waals surface area contributed by atoms with E-state index in [0.29, 0.717) is 6.10 Å². The van der Waals surface area contributed by atoms with Crippen molar-refractivity contribution in [2.24, 2.45) is 0 Å². The number of anilines is 1. The number of fused-ring (bicyclic) bond motifs is 1. The van der Waals surface area contributed by atoms with Crippen molar-refractivity contribution in [1.29, 1.82) is 0 Å². The van der Waals surface area contributed by atoms with Gasteiger partial charge < -0.3 is 10.1 Å². The lowest BCUT2D eigenvalue weighted by Crippen LogP contribution is -2.21. The molecule has 2 aromatic rings. The molecule has 3 rings (SSSR count). The van der Waals surface area contributed by atoms with Gasteiger partial charge in [0.25, 0.3) is 0 Å². The van der Waals surface area contributed by atoms with Gasteiger partial charge in [-0.3, -0.25) is 0 Å². The van der Waals surface area contributed by atoms with Gasteiger partial charge in [0.15, 0.2) is 5.13 Å². The predicted molar refractivity (Wildman–Crippen MR) is 81.1 cm³/mol. The molecule has 0 saturated carbocycles. The highest BCUT2D eigenvalue weighted by Gasteiger charge is 2.13. The van der Waals surface area contributed by atoms with E-state index in [0.717, 1.165) is 30.2 Å². The molecule has 0 amide bonds. The minimum atomic E-state index is 0.442. The molecule has 0 spiro atoms. The smallest absolute Gasteiger partial charge is 0.183 e. The fourth-order valence-corrected chi connectivity index (χ4v) is 3.51. The molecule has 1 aromatic heterocycles. The summed E-state index contributed by atoms with van der Waals surface area (Å²) >= 11 is 1.74. The molecule has 1 saturated heterocycles. The van der Waals surface area contributed by atoms with E-state index in [9.17, 15) is 0 Å². The van der Waals surface area contributed by atoms with E-state index >= 15 is 0 Å². The van der Waals surface area contributed by atoms with Crippen molar-refractivity contribution >= 4 is 26.7 Å². The van der Waals surface area contributed by atoms with Crippen molar-refractivity contribution in [3.05, 3.63) is 23.8 Å². The Balaban J connectivity index is 1.57. The Morgan fingerprint density at radius 3 is 3.16 bits per heavy atom. The van der Waals surface area contributed by atoms with Crippen LogP contribution in [0.1, 0.15) is 31.2 Å². The highest BCUT2D eigenvalue weighted by Crippen LogP contribution is 2.28. The van der Waals surface area contributed by atoms with Crippen LogP contribution in [0.15, 0.2) is 18.2 Å². The Labute approximate surface area is 118 Å². The first kappa shape index (κ1) is 12.9. The van der Waals surface area contributed by atoms with Crippen molar-refractivity contribution < 1.29 is 4.74 Å². The SMILES string of the molecule is Cc1cccc2sc(NCCC3CCCCO3)nc12. The van der Waals surface area contributed by atoms with Crippen LogP contribution in [0.5, 0.6) is 0 Å². The number of hydrogen-bond acceptors (Lipinski definition) is 4. The number of aromatic nitrogens is 1. The number of para-hydroxylation sites is 1. The number of ether oxygens (including phenoxy) is 1. The van der Waals surface area contributed by atoms with Crippen LogP contribution in [-0.2, 0) is 4.74 Å². The van der Waals surface area contributed by atoms with Gasteiger partial charge in [-0.15, -0.1) is 0 Å². The number of nitrogens with zero attached hydrogens (tertiary/aromatic N) is 1. The summed E-state index contributed by atoms with van der Waals surface area (Å²) in [6.07, 6.45) is 5.26. The molecule has 0 radical (unpaired) electrons. The molecule has 19 heavy (non-hydrogen) atoms. The third-order valence-corrected chi connectivity index (χ3v) is 4.62. The summed E-state index contributed by atoms with van der Waals surface area (Å²) in [7, 11) is 0. The Morgan fingerprint density at radius 2 is 2.37 bits per heavy atom. The molecule has 1 atom stereocenters. The summed E-state index contributed by atoms with van der Waals surface area (Å²) in [5, 5.41) is 4.46. The molecule has 3 nitrogen and oxygen atoms in total. The Kier molecular flexibility index (Phi) is 3.99. The summed E-state index contributed by atoms with van der Waals surface area (Å²) in [4.78, 5) is 4.66. The second-order valence-corrected chi connectivity index (χ2v) is 6.18. The maximum atomic E-state index is 5.74. The highest BCUT2D eigenvalue weighted by molar-refractivity contribution is 7.22. The quantitative estimate of drug-likeness (QED) is 0.917. The molecular formula is C15H20N2OS. The second kappa shape index (κ2) is 5.88. The number of thiazole rings is 1. The maximum Gasteiger partial charge on any atom is 0.183 e. The van der Waals surface area contributed by atoms with Crippen molar-refractivity contribution in [3.8, 4) is 0 Å². The molecular weight excluding hydrogens is 256 g/mol. The van der Waals surface area contributed by atoms with Gasteiger partial charge >= 0.3 is 0 Å². The Bertz CT molecular complexity index is 546. The lowest BCUT2D eigenvalue weighted by molar-refractivity contribution is 0.0134. The second-order valence-electron chi connectivity index (χ2n) is 5.14. The van der Waals surface area contributed by atoms with E-state index in [-0.39, 0.29) is 0 Å². The molecule has 1 N–H and O–H groups in total. The van der Waals surface area contributed by atoms with Crippen molar-refractivity contribution in [2.75, 3.05) is 18.5 Å². The zero-order valence-electron chi connectivity index (χ0n) is 11.3. The summed E-state index contributed by atoms with van der Waals surface area (Å²) in [6.45, 7) is 4.00. The molecule has 2 heterocycles. The lowest BCUT2D eigenvalue weighted by Gasteiger charge is -2.22. The zero-order chi connectivity index (χ0) is 13.1. The molecule has 102 valence electrons. The van der Waals surface area contributed by atoms with Crippen molar-refractivity contribution in [1.82, 2.24) is 4.98 Å². The van der Waals surface area contributed by atoms with Crippen LogP contribution in [-0.4, -0.2) is 24.2 Å². The molecule has 0 bridgehead atoms. The molecule has 1 aliphatic heterocycles. The van der Waals surface area contributed by atoms with Crippen molar-refractivity contribution in [2.45, 2.75) is 38.7 Å². The minimum Gasteiger partial charge on any atom is -0.378 e. The first-order valence-electron chi connectivity index (χ1n) is 7.04. The van der Waals surface area contributed by atoms with Gasteiger partial charge in [0, 0.05) is 13.2 Å². The number of hydrogen-bond donors (Lipinski definition) is 1. The first-order chi connectivity index (χ1) is 9.33. The number of benzene rings is 1. The summed E-state index contributed by atoms with van der Waals surface area (Å²) in [5.41, 5.74) is 2.38. The topological polar surface area (TPSA) is 34.1 Å². The third kappa shape index (κ3) is 3.07. The van der Waals surface area contributed by atoms with Crippen LogP contribution in [0.3, 0.4) is 0 Å². The van der Waals surface area contributed by atoms with Crippen LogP contribution >= 0.6 is 11.3 Å². The largest absolute Gasteiger partial charge is 0.378 e. The molecule has 1 aromatic carbocycles. The summed E-state index contributed by atoms with van der Waals surface area (Å²) in [6, 6.07) is 6.34.